The Balaban J connectivity index is 1.85. The van der Waals surface area contributed by atoms with Crippen molar-refractivity contribution in [1.82, 2.24) is 5.32 Å². The summed E-state index contributed by atoms with van der Waals surface area (Å²) in [7, 11) is 0. The normalized spacial score (nSPS) is 26.1. The van der Waals surface area contributed by atoms with Crippen molar-refractivity contribution in [3.8, 4) is 0 Å². The number of nitrogens with one attached hydrogen (secondary N) is 1. The van der Waals surface area contributed by atoms with Crippen LogP contribution in [0.5, 0.6) is 0 Å². The first-order valence-corrected chi connectivity index (χ1v) is 8.08. The first-order chi connectivity index (χ1) is 10.2. The average molecular weight is 292 g/mol. The molecular weight excluding hydrogens is 267 g/mol. The lowest BCUT2D eigenvalue weighted by molar-refractivity contribution is 0.0298. The molecule has 1 heterocycles. The van der Waals surface area contributed by atoms with Gasteiger partial charge in [-0.05, 0) is 38.3 Å². The van der Waals surface area contributed by atoms with E-state index in [-0.39, 0.29) is 11.9 Å². The topological polar surface area (TPSA) is 24.5 Å². The Kier molecular flexibility index (Phi) is 4.45. The van der Waals surface area contributed by atoms with Crippen molar-refractivity contribution in [3.05, 3.63) is 29.6 Å². The molecule has 2 unspecified atom stereocenters. The molecule has 3 nitrogen and oxygen atoms in total. The highest BCUT2D eigenvalue weighted by atomic mass is 19.1. The van der Waals surface area contributed by atoms with Gasteiger partial charge in [-0.25, -0.2) is 4.39 Å². The Morgan fingerprint density at radius 2 is 2.19 bits per heavy atom. The number of anilines is 1. The molecule has 2 fully saturated rings. The second-order valence-corrected chi connectivity index (χ2v) is 6.25. The van der Waals surface area contributed by atoms with Crippen LogP contribution in [-0.2, 0) is 11.3 Å². The third-order valence-corrected chi connectivity index (χ3v) is 4.49. The summed E-state index contributed by atoms with van der Waals surface area (Å²) in [4.78, 5) is 2.33. The van der Waals surface area contributed by atoms with Gasteiger partial charge in [-0.1, -0.05) is 13.0 Å². The van der Waals surface area contributed by atoms with Gasteiger partial charge in [0.15, 0.2) is 0 Å². The number of ether oxygens (including phenoxy) is 1. The molecule has 1 aliphatic carbocycles. The highest BCUT2D eigenvalue weighted by Gasteiger charge is 2.28. The summed E-state index contributed by atoms with van der Waals surface area (Å²) in [5, 5.41) is 3.44. The molecule has 0 radical (unpaired) electrons. The van der Waals surface area contributed by atoms with Crippen LogP contribution >= 0.6 is 0 Å². The van der Waals surface area contributed by atoms with Crippen molar-refractivity contribution in [1.29, 1.82) is 0 Å². The second-order valence-electron chi connectivity index (χ2n) is 6.25. The minimum Gasteiger partial charge on any atom is -0.375 e. The molecule has 4 heteroatoms. The molecule has 0 aromatic heterocycles. The van der Waals surface area contributed by atoms with Crippen LogP contribution in [-0.4, -0.2) is 31.3 Å². The van der Waals surface area contributed by atoms with E-state index >= 15 is 0 Å². The van der Waals surface area contributed by atoms with Crippen molar-refractivity contribution >= 4 is 5.69 Å². The Morgan fingerprint density at radius 3 is 2.90 bits per heavy atom. The van der Waals surface area contributed by atoms with E-state index in [2.05, 4.69) is 24.1 Å². The Hall–Kier alpha value is -1.13. The fraction of sp³-hybridized carbons (Fsp3) is 0.647. The number of halogens is 1. The molecule has 1 saturated carbocycles. The van der Waals surface area contributed by atoms with Gasteiger partial charge in [-0.15, -0.1) is 0 Å². The molecule has 0 spiro atoms. The third-order valence-electron chi connectivity index (χ3n) is 4.49. The quantitative estimate of drug-likeness (QED) is 0.902. The minimum atomic E-state index is -0.102. The molecule has 21 heavy (non-hydrogen) atoms. The lowest BCUT2D eigenvalue weighted by Crippen LogP contribution is -2.49. The van der Waals surface area contributed by atoms with E-state index in [4.69, 9.17) is 4.74 Å². The van der Waals surface area contributed by atoms with Crippen LogP contribution in [0.1, 0.15) is 38.7 Å². The van der Waals surface area contributed by atoms with Gasteiger partial charge in [0.05, 0.1) is 18.8 Å². The Morgan fingerprint density at radius 1 is 1.38 bits per heavy atom. The maximum Gasteiger partial charge on any atom is 0.129 e. The monoisotopic (exact) mass is 292 g/mol. The molecule has 1 saturated heterocycles. The van der Waals surface area contributed by atoms with E-state index in [1.807, 2.05) is 12.1 Å². The molecule has 3 rings (SSSR count). The van der Waals surface area contributed by atoms with Crippen LogP contribution in [0, 0.1) is 5.82 Å². The summed E-state index contributed by atoms with van der Waals surface area (Å²) in [5.41, 5.74) is 1.84. The van der Waals surface area contributed by atoms with E-state index in [1.54, 1.807) is 6.07 Å². The number of benzene rings is 1. The average Bonchev–Trinajstić information content (AvgIpc) is 3.30. The van der Waals surface area contributed by atoms with Gasteiger partial charge >= 0.3 is 0 Å². The fourth-order valence-electron chi connectivity index (χ4n) is 3.00. The number of hydrogen-bond donors (Lipinski definition) is 1. The van der Waals surface area contributed by atoms with Crippen molar-refractivity contribution in [2.24, 2.45) is 0 Å². The first-order valence-electron chi connectivity index (χ1n) is 8.08. The lowest BCUT2D eigenvalue weighted by atomic mass is 10.1. The number of hydrogen-bond acceptors (Lipinski definition) is 3. The van der Waals surface area contributed by atoms with E-state index in [9.17, 15) is 4.39 Å². The minimum absolute atomic E-state index is 0.102. The van der Waals surface area contributed by atoms with Crippen LogP contribution in [0.15, 0.2) is 18.2 Å². The smallest absolute Gasteiger partial charge is 0.129 e. The second kappa shape index (κ2) is 6.32. The van der Waals surface area contributed by atoms with Crippen LogP contribution in [0.4, 0.5) is 10.1 Å². The number of rotatable bonds is 5. The summed E-state index contributed by atoms with van der Waals surface area (Å²) < 4.78 is 20.1. The van der Waals surface area contributed by atoms with E-state index in [1.165, 1.54) is 12.8 Å². The maximum atomic E-state index is 14.3. The highest BCUT2D eigenvalue weighted by molar-refractivity contribution is 5.55. The third kappa shape index (κ3) is 3.38. The zero-order chi connectivity index (χ0) is 14.8. The summed E-state index contributed by atoms with van der Waals surface area (Å²) >= 11 is 0. The zero-order valence-electron chi connectivity index (χ0n) is 12.9. The van der Waals surface area contributed by atoms with Gasteiger partial charge in [-0.3, -0.25) is 0 Å². The van der Waals surface area contributed by atoms with E-state index in [0.29, 0.717) is 18.6 Å². The van der Waals surface area contributed by atoms with Gasteiger partial charge in [0, 0.05) is 30.4 Å². The molecular formula is C17H25FN2O. The van der Waals surface area contributed by atoms with Crippen LogP contribution in [0.2, 0.25) is 0 Å². The Labute approximate surface area is 126 Å². The molecule has 2 atom stereocenters. The van der Waals surface area contributed by atoms with Gasteiger partial charge < -0.3 is 15.0 Å². The number of morpholine rings is 1. The molecule has 1 aromatic carbocycles. The molecule has 0 bridgehead atoms. The van der Waals surface area contributed by atoms with E-state index in [0.717, 1.165) is 30.8 Å². The summed E-state index contributed by atoms with van der Waals surface area (Å²) in [6.07, 6.45) is 3.64. The van der Waals surface area contributed by atoms with Crippen LogP contribution in [0.3, 0.4) is 0 Å². The zero-order valence-corrected chi connectivity index (χ0v) is 12.9. The van der Waals surface area contributed by atoms with Gasteiger partial charge in [0.2, 0.25) is 0 Å². The standard InChI is InChI=1S/C17H25FN2O/c1-3-14-11-21-12(2)10-20(14)17-6-4-5-16(18)15(17)9-19-13-7-8-13/h4-6,12-14,19H,3,7-11H2,1-2H3. The molecule has 1 N–H and O–H groups in total. The molecule has 116 valence electrons. The SMILES string of the molecule is CCC1COC(C)CN1c1cccc(F)c1CNC1CC1. The van der Waals surface area contributed by atoms with Crippen LogP contribution in [0.25, 0.3) is 0 Å². The maximum absolute atomic E-state index is 14.3. The van der Waals surface area contributed by atoms with Crippen molar-refractivity contribution in [2.45, 2.75) is 57.8 Å². The van der Waals surface area contributed by atoms with Gasteiger partial charge in [0.1, 0.15) is 5.82 Å². The van der Waals surface area contributed by atoms with Gasteiger partial charge in [-0.2, -0.15) is 0 Å². The summed E-state index contributed by atoms with van der Waals surface area (Å²) in [6.45, 7) is 6.43. The van der Waals surface area contributed by atoms with E-state index < -0.39 is 0 Å². The molecule has 2 aliphatic rings. The van der Waals surface area contributed by atoms with Gasteiger partial charge in [0.25, 0.3) is 0 Å². The lowest BCUT2D eigenvalue weighted by Gasteiger charge is -2.41. The predicted octanol–water partition coefficient (Wildman–Crippen LogP) is 3.08. The van der Waals surface area contributed by atoms with Crippen molar-refractivity contribution in [2.75, 3.05) is 18.1 Å². The number of nitrogens with zero attached hydrogens (tertiary/aromatic N) is 1. The van der Waals surface area contributed by atoms with Crippen molar-refractivity contribution in [3.63, 3.8) is 0 Å². The van der Waals surface area contributed by atoms with Crippen molar-refractivity contribution < 1.29 is 9.13 Å². The fourth-order valence-corrected chi connectivity index (χ4v) is 3.00. The predicted molar refractivity (Wildman–Crippen MR) is 83.1 cm³/mol. The molecule has 1 aliphatic heterocycles. The van der Waals surface area contributed by atoms with Crippen LogP contribution < -0.4 is 10.2 Å². The largest absolute Gasteiger partial charge is 0.375 e. The molecule has 1 aromatic rings. The molecule has 0 amide bonds. The first kappa shape index (κ1) is 14.8. The summed E-state index contributed by atoms with van der Waals surface area (Å²) in [6, 6.07) is 6.36. The summed E-state index contributed by atoms with van der Waals surface area (Å²) in [5.74, 6) is -0.102. The Bertz CT molecular complexity index is 490. The highest BCUT2D eigenvalue weighted by Crippen LogP contribution is 2.30.